The Morgan fingerprint density at radius 1 is 1.03 bits per heavy atom. The van der Waals surface area contributed by atoms with Crippen molar-refractivity contribution in [2.75, 3.05) is 0 Å². The van der Waals surface area contributed by atoms with E-state index in [4.69, 9.17) is 5.26 Å². The summed E-state index contributed by atoms with van der Waals surface area (Å²) in [5.41, 5.74) is 5.21. The summed E-state index contributed by atoms with van der Waals surface area (Å²) in [6, 6.07) is 13.2. The maximum atomic E-state index is 13.7. The maximum absolute atomic E-state index is 13.7. The van der Waals surface area contributed by atoms with Crippen LogP contribution in [-0.2, 0) is 15.0 Å². The van der Waals surface area contributed by atoms with E-state index in [1.807, 2.05) is 11.3 Å². The summed E-state index contributed by atoms with van der Waals surface area (Å²) in [7, 11) is 0. The molecule has 2 aromatic rings. The minimum atomic E-state index is -0.237. The maximum Gasteiger partial charge on any atom is 0.205 e. The van der Waals surface area contributed by atoms with E-state index in [1.54, 1.807) is 13.8 Å². The van der Waals surface area contributed by atoms with Crippen molar-refractivity contribution in [3.05, 3.63) is 52.4 Å². The van der Waals surface area contributed by atoms with Crippen molar-refractivity contribution in [1.29, 1.82) is 5.26 Å². The van der Waals surface area contributed by atoms with Crippen LogP contribution in [0.4, 0.5) is 0 Å². The Kier molecular flexibility index (Phi) is 5.31. The summed E-state index contributed by atoms with van der Waals surface area (Å²) >= 11 is 1.97. The van der Waals surface area contributed by atoms with E-state index < -0.39 is 0 Å². The topological polar surface area (TPSA) is 70.3 Å². The number of fused-ring (bicyclic) bond motifs is 6. The van der Waals surface area contributed by atoms with E-state index in [-0.39, 0.29) is 22.9 Å². The zero-order chi connectivity index (χ0) is 26.4. The highest BCUT2D eigenvalue weighted by molar-refractivity contribution is 7.16. The Morgan fingerprint density at radius 2 is 1.63 bits per heavy atom. The van der Waals surface area contributed by atoms with Crippen LogP contribution in [0.15, 0.2) is 47.0 Å². The van der Waals surface area contributed by atoms with E-state index in [0.717, 1.165) is 30.3 Å². The molecule has 38 heavy (non-hydrogen) atoms. The monoisotopic (exact) mass is 522 g/mol. The van der Waals surface area contributed by atoms with Gasteiger partial charge in [-0.05, 0) is 117 Å². The van der Waals surface area contributed by atoms with E-state index >= 15 is 0 Å². The molecule has 5 saturated carbocycles. The number of nitriles is 1. The molecule has 0 N–H and O–H groups in total. The molecule has 6 aliphatic rings. The first-order valence-corrected chi connectivity index (χ1v) is 15.0. The minimum Gasteiger partial charge on any atom is -0.299 e. The van der Waals surface area contributed by atoms with Gasteiger partial charge in [-0.1, -0.05) is 30.3 Å². The summed E-state index contributed by atoms with van der Waals surface area (Å²) in [5.74, 6) is 3.44. The van der Waals surface area contributed by atoms with Crippen LogP contribution in [0.2, 0.25) is 0 Å². The highest BCUT2D eigenvalue weighted by Gasteiger charge is 2.76. The lowest BCUT2D eigenvalue weighted by Crippen LogP contribution is -2.54. The van der Waals surface area contributed by atoms with Gasteiger partial charge in [0.15, 0.2) is 5.78 Å². The molecule has 0 aliphatic heterocycles. The van der Waals surface area contributed by atoms with E-state index in [9.17, 15) is 9.59 Å². The molecule has 6 aliphatic carbocycles. The molecule has 5 fully saturated rings. The molecule has 0 radical (unpaired) electrons. The van der Waals surface area contributed by atoms with Crippen molar-refractivity contribution >= 4 is 35.2 Å². The lowest BCUT2D eigenvalue weighted by molar-refractivity contribution is -0.127. The minimum absolute atomic E-state index is 0.151. The van der Waals surface area contributed by atoms with Crippen molar-refractivity contribution < 1.29 is 9.59 Å². The number of aliphatic imine (C=N–C) groups is 1. The van der Waals surface area contributed by atoms with Gasteiger partial charge in [0.1, 0.15) is 5.78 Å². The van der Waals surface area contributed by atoms with Crippen molar-refractivity contribution in [2.24, 2.45) is 45.9 Å². The molecule has 3 bridgehead atoms. The van der Waals surface area contributed by atoms with Crippen molar-refractivity contribution in [2.45, 2.75) is 64.2 Å². The third-order valence-corrected chi connectivity index (χ3v) is 12.7. The lowest BCUT2D eigenvalue weighted by Gasteiger charge is -2.54. The number of carbonyl (C=O) groups is 2. The molecule has 8 rings (SSSR count). The van der Waals surface area contributed by atoms with Gasteiger partial charge in [-0.15, -0.1) is 11.3 Å². The van der Waals surface area contributed by atoms with Crippen LogP contribution in [0, 0.1) is 52.4 Å². The molecule has 1 heterocycles. The van der Waals surface area contributed by atoms with Crippen molar-refractivity contribution in [1.82, 2.24) is 0 Å². The van der Waals surface area contributed by atoms with Crippen LogP contribution in [0.1, 0.15) is 69.2 Å². The van der Waals surface area contributed by atoms with Gasteiger partial charge >= 0.3 is 0 Å². The number of hydrogen-bond donors (Lipinski definition) is 0. The SMILES string of the molecule is C=NC#N.CC(=O)C1=C(C2CC2)c2cc(-c3ccccc3)sc2C2(C3CC4CC5CC2CC45C3)C1C(C)=O. The van der Waals surface area contributed by atoms with Gasteiger partial charge in [0.2, 0.25) is 6.19 Å². The van der Waals surface area contributed by atoms with Crippen LogP contribution in [0.25, 0.3) is 16.0 Å². The van der Waals surface area contributed by atoms with Crippen LogP contribution in [0.3, 0.4) is 0 Å². The van der Waals surface area contributed by atoms with E-state index in [0.29, 0.717) is 23.2 Å². The number of benzene rings is 1. The molecule has 5 atom stereocenters. The Morgan fingerprint density at radius 3 is 2.16 bits per heavy atom. The normalized spacial score (nSPS) is 37.0. The molecule has 4 nitrogen and oxygen atoms in total. The van der Waals surface area contributed by atoms with Crippen LogP contribution < -0.4 is 0 Å². The van der Waals surface area contributed by atoms with Gasteiger partial charge < -0.3 is 0 Å². The number of Topliss-reactive ketones (excluding diaryl/α,β-unsaturated/α-hetero) is 2. The molecule has 0 amide bonds. The van der Waals surface area contributed by atoms with Gasteiger partial charge in [0.05, 0.1) is 5.92 Å². The average molecular weight is 523 g/mol. The fraction of sp³-hybridized carbons (Fsp3) is 0.515. The average Bonchev–Trinajstić information content (AvgIpc) is 3.53. The number of nitrogens with zero attached hydrogens (tertiary/aromatic N) is 2. The van der Waals surface area contributed by atoms with Gasteiger partial charge in [-0.2, -0.15) is 10.3 Å². The third kappa shape index (κ3) is 2.99. The number of rotatable bonds is 4. The van der Waals surface area contributed by atoms with Crippen molar-refractivity contribution in [3.8, 4) is 16.6 Å². The van der Waals surface area contributed by atoms with Gasteiger partial charge in [-0.25, -0.2) is 0 Å². The molecular weight excluding hydrogens is 488 g/mol. The Balaban J connectivity index is 0.000000569. The number of thiophene rings is 1. The van der Waals surface area contributed by atoms with Gasteiger partial charge in [0, 0.05) is 27.5 Å². The Hall–Kier alpha value is -2.84. The smallest absolute Gasteiger partial charge is 0.205 e. The van der Waals surface area contributed by atoms with Crippen LogP contribution in [-0.4, -0.2) is 18.3 Å². The molecule has 5 heteroatoms. The predicted octanol–water partition coefficient (Wildman–Crippen LogP) is 7.25. The molecule has 0 saturated heterocycles. The molecular formula is C33H34N2O2S. The third-order valence-electron chi connectivity index (χ3n) is 11.3. The summed E-state index contributed by atoms with van der Waals surface area (Å²) in [6.45, 7) is 6.40. The van der Waals surface area contributed by atoms with Crippen molar-refractivity contribution in [3.63, 3.8) is 0 Å². The molecule has 1 aromatic heterocycles. The fourth-order valence-electron chi connectivity index (χ4n) is 10.1. The van der Waals surface area contributed by atoms with Crippen LogP contribution >= 0.6 is 11.3 Å². The largest absolute Gasteiger partial charge is 0.299 e. The standard InChI is InChI=1S/C31H32O2S.C2H2N2/c1-16(32)26-27(19-8-9-19)24-13-25(18-6-4-3-5-7-18)34-29(24)31(28(26)17(2)33)22-11-20-10-21-12-23(31)15-30(20,21)14-22;1-4-2-3/h3-7,13,19-23,28H,8-12,14-15H2,1-2H3;1H2. The molecule has 1 aromatic carbocycles. The zero-order valence-corrected chi connectivity index (χ0v) is 23.0. The number of hydrogen-bond acceptors (Lipinski definition) is 5. The summed E-state index contributed by atoms with van der Waals surface area (Å²) in [4.78, 5) is 32.8. The van der Waals surface area contributed by atoms with E-state index in [2.05, 4.69) is 48.1 Å². The highest BCUT2D eigenvalue weighted by Crippen LogP contribution is 2.82. The first-order chi connectivity index (χ1) is 18.4. The van der Waals surface area contributed by atoms with Crippen LogP contribution in [0.5, 0.6) is 0 Å². The summed E-state index contributed by atoms with van der Waals surface area (Å²) in [6.07, 6.45) is 10.3. The molecule has 194 valence electrons. The quantitative estimate of drug-likeness (QED) is 0.314. The highest BCUT2D eigenvalue weighted by atomic mass is 32.1. The fourth-order valence-corrected chi connectivity index (χ4v) is 11.7. The second kappa shape index (κ2) is 8.33. The molecule has 5 unspecified atom stereocenters. The second-order valence-corrected chi connectivity index (χ2v) is 13.8. The predicted molar refractivity (Wildman–Crippen MR) is 151 cm³/mol. The summed E-state index contributed by atoms with van der Waals surface area (Å²) in [5, 5.41) is 7.40. The van der Waals surface area contributed by atoms with Gasteiger partial charge in [0.25, 0.3) is 0 Å². The van der Waals surface area contributed by atoms with Gasteiger partial charge in [-0.3, -0.25) is 9.59 Å². The number of ketones is 2. The number of allylic oxidation sites excluding steroid dienone is 2. The molecule has 2 spiro atoms. The van der Waals surface area contributed by atoms with E-state index in [1.165, 1.54) is 64.8 Å². The lowest BCUT2D eigenvalue weighted by atomic mass is 9.48. The first kappa shape index (κ1) is 24.2. The Bertz CT molecular complexity index is 1410. The zero-order valence-electron chi connectivity index (χ0n) is 22.2. The Labute approximate surface area is 228 Å². The second-order valence-electron chi connectivity index (χ2n) is 12.7. The first-order valence-electron chi connectivity index (χ1n) is 14.2. The summed E-state index contributed by atoms with van der Waals surface area (Å²) < 4.78 is 0. The number of carbonyl (C=O) groups excluding carboxylic acids is 2.